The minimum atomic E-state index is 0.577. The number of hydrogen-bond donors (Lipinski definition) is 0. The monoisotopic (exact) mass is 970 g/mol. The van der Waals surface area contributed by atoms with E-state index in [0.717, 1.165) is 77.9 Å². The summed E-state index contributed by atoms with van der Waals surface area (Å²) in [5.74, 6) is 1.15. The molecule has 0 saturated carbocycles. The first-order valence-corrected chi connectivity index (χ1v) is 25.7. The third kappa shape index (κ3) is 6.81. The van der Waals surface area contributed by atoms with E-state index >= 15 is 0 Å². The Bertz CT molecular complexity index is 4680. The highest BCUT2D eigenvalue weighted by molar-refractivity contribution is 6.12. The molecule has 0 aliphatic rings. The van der Waals surface area contributed by atoms with Crippen molar-refractivity contribution >= 4 is 87.4 Å². The molecule has 4 aromatic heterocycles. The lowest BCUT2D eigenvalue weighted by Gasteiger charge is -2.09. The molecular weight excluding hydrogens is 929 g/mol. The second-order valence-corrected chi connectivity index (χ2v) is 19.8. The summed E-state index contributed by atoms with van der Waals surface area (Å²) in [4.78, 5) is 10.00. The van der Waals surface area contributed by atoms with E-state index < -0.39 is 0 Å². The van der Waals surface area contributed by atoms with Crippen LogP contribution < -0.4 is 0 Å². The molecule has 6 heteroatoms. The molecular formula is C70H42N4O2. The molecule has 0 unspecified atom stereocenters. The smallest absolute Gasteiger partial charge is 0.227 e. The molecule has 6 nitrogen and oxygen atoms in total. The van der Waals surface area contributed by atoms with Gasteiger partial charge >= 0.3 is 0 Å². The Kier molecular flexibility index (Phi) is 9.23. The molecule has 0 bridgehead atoms. The standard InChI is InChI=1S/C70H42N4O2/c1-3-11-47-37-49(19-17-43(47)9-1)51-25-33-65-59(39-51)57-13-5-7-15-63(57)73(65)55-29-21-45(22-30-55)69-71-61-41-53(27-35-67(61)75-69)54-28-36-68-62(42-54)72-70(76-68)46-23-31-56(32-24-46)74-64-16-8-6-14-58(64)60-40-52(26-34-66(60)74)50-20-18-44-10-2-4-12-48(44)38-50/h1-42H. The molecule has 12 aromatic carbocycles. The van der Waals surface area contributed by atoms with Gasteiger partial charge in [0.1, 0.15) is 11.0 Å². The topological polar surface area (TPSA) is 61.9 Å². The van der Waals surface area contributed by atoms with Crippen LogP contribution in [0.4, 0.5) is 0 Å². The molecule has 0 N–H and O–H groups in total. The second-order valence-electron chi connectivity index (χ2n) is 19.8. The van der Waals surface area contributed by atoms with Crippen molar-refractivity contribution in [3.63, 3.8) is 0 Å². The highest BCUT2D eigenvalue weighted by Crippen LogP contribution is 2.39. The fourth-order valence-electron chi connectivity index (χ4n) is 11.6. The van der Waals surface area contributed by atoms with Crippen molar-refractivity contribution in [2.45, 2.75) is 0 Å². The van der Waals surface area contributed by atoms with Crippen molar-refractivity contribution in [2.75, 3.05) is 0 Å². The predicted molar refractivity (Wildman–Crippen MR) is 312 cm³/mol. The van der Waals surface area contributed by atoms with Crippen LogP contribution in [0.3, 0.4) is 0 Å². The van der Waals surface area contributed by atoms with Crippen LogP contribution in [-0.2, 0) is 0 Å². The first-order valence-electron chi connectivity index (χ1n) is 25.7. The Morgan fingerprint density at radius 2 is 0.592 bits per heavy atom. The average molecular weight is 971 g/mol. The zero-order valence-electron chi connectivity index (χ0n) is 40.9. The first kappa shape index (κ1) is 42.2. The molecule has 0 aliphatic carbocycles. The Labute approximate surface area is 435 Å². The van der Waals surface area contributed by atoms with E-state index in [1.54, 1.807) is 0 Å². The maximum Gasteiger partial charge on any atom is 0.227 e. The maximum absolute atomic E-state index is 6.38. The van der Waals surface area contributed by atoms with E-state index in [1.807, 2.05) is 12.1 Å². The molecule has 0 saturated heterocycles. The predicted octanol–water partition coefficient (Wildman–Crippen LogP) is 18.8. The van der Waals surface area contributed by atoms with E-state index in [4.69, 9.17) is 18.8 Å². The first-order chi connectivity index (χ1) is 37.6. The lowest BCUT2D eigenvalue weighted by Crippen LogP contribution is -1.93. The summed E-state index contributed by atoms with van der Waals surface area (Å²) in [6, 6.07) is 90.7. The van der Waals surface area contributed by atoms with Crippen molar-refractivity contribution in [3.05, 3.63) is 255 Å². The quantitative estimate of drug-likeness (QED) is 0.160. The number of nitrogens with zero attached hydrogens (tertiary/aromatic N) is 4. The zero-order valence-corrected chi connectivity index (χ0v) is 40.9. The molecule has 0 atom stereocenters. The van der Waals surface area contributed by atoms with Crippen LogP contribution >= 0.6 is 0 Å². The SMILES string of the molecule is c1ccc2cc(-c3ccc4c(c3)c3ccccc3n4-c3ccc(-c4nc5cc(-c6ccc7oc(-c8ccc(-n9c%10ccccc%10c%10cc(-c%11ccc%12ccccc%12c%11)ccc%109)cc8)nc7c6)ccc5o4)cc3)ccc2c1. The normalized spacial score (nSPS) is 11.9. The fraction of sp³-hybridized carbons (Fsp3) is 0. The molecule has 76 heavy (non-hydrogen) atoms. The molecule has 0 radical (unpaired) electrons. The van der Waals surface area contributed by atoms with Gasteiger partial charge in [0.2, 0.25) is 11.8 Å². The summed E-state index contributed by atoms with van der Waals surface area (Å²) in [6.45, 7) is 0. The Balaban J connectivity index is 0.667. The maximum atomic E-state index is 6.38. The van der Waals surface area contributed by atoms with E-state index in [2.05, 4.69) is 252 Å². The Hall–Kier alpha value is -10.3. The Morgan fingerprint density at radius 1 is 0.250 bits per heavy atom. The van der Waals surface area contributed by atoms with E-state index in [1.165, 1.54) is 65.3 Å². The van der Waals surface area contributed by atoms with Crippen molar-refractivity contribution in [2.24, 2.45) is 0 Å². The molecule has 16 aromatic rings. The largest absolute Gasteiger partial charge is 0.436 e. The summed E-state index contributed by atoms with van der Waals surface area (Å²) in [5, 5.41) is 9.85. The van der Waals surface area contributed by atoms with Crippen LogP contribution in [0.15, 0.2) is 264 Å². The van der Waals surface area contributed by atoms with Gasteiger partial charge in [-0.15, -0.1) is 0 Å². The summed E-state index contributed by atoms with van der Waals surface area (Å²) < 4.78 is 17.5. The highest BCUT2D eigenvalue weighted by atomic mass is 16.4. The van der Waals surface area contributed by atoms with E-state index in [9.17, 15) is 0 Å². The van der Waals surface area contributed by atoms with Crippen LogP contribution in [0, 0.1) is 0 Å². The molecule has 0 fully saturated rings. The molecule has 16 rings (SSSR count). The van der Waals surface area contributed by atoms with Gasteiger partial charge in [-0.05, 0) is 176 Å². The van der Waals surface area contributed by atoms with Crippen LogP contribution in [0.25, 0.3) is 155 Å². The fourth-order valence-corrected chi connectivity index (χ4v) is 11.6. The number of para-hydroxylation sites is 2. The Morgan fingerprint density at radius 3 is 1.05 bits per heavy atom. The summed E-state index contributed by atoms with van der Waals surface area (Å²) >= 11 is 0. The van der Waals surface area contributed by atoms with Crippen molar-refractivity contribution in [1.29, 1.82) is 0 Å². The lowest BCUT2D eigenvalue weighted by atomic mass is 9.99. The third-order valence-electron chi connectivity index (χ3n) is 15.4. The van der Waals surface area contributed by atoms with Crippen molar-refractivity contribution in [1.82, 2.24) is 19.1 Å². The zero-order chi connectivity index (χ0) is 49.8. The molecule has 0 spiro atoms. The molecule has 0 aliphatic heterocycles. The van der Waals surface area contributed by atoms with Gasteiger partial charge in [0, 0.05) is 44.0 Å². The number of oxazole rings is 2. The van der Waals surface area contributed by atoms with Crippen molar-refractivity contribution in [3.8, 4) is 67.7 Å². The lowest BCUT2D eigenvalue weighted by molar-refractivity contribution is 0.619. The molecule has 0 amide bonds. The number of aromatic nitrogens is 4. The third-order valence-corrected chi connectivity index (χ3v) is 15.4. The van der Waals surface area contributed by atoms with Gasteiger partial charge in [0.05, 0.1) is 22.1 Å². The number of rotatable bonds is 7. The van der Waals surface area contributed by atoms with Gasteiger partial charge in [-0.2, -0.15) is 0 Å². The summed E-state index contributed by atoms with van der Waals surface area (Å²) in [7, 11) is 0. The summed E-state index contributed by atoms with van der Waals surface area (Å²) in [6.07, 6.45) is 0. The number of hydrogen-bond acceptors (Lipinski definition) is 4. The average Bonchev–Trinajstić information content (AvgIpc) is 4.33. The minimum Gasteiger partial charge on any atom is -0.436 e. The van der Waals surface area contributed by atoms with Gasteiger partial charge in [-0.1, -0.05) is 133 Å². The van der Waals surface area contributed by atoms with Crippen molar-refractivity contribution < 1.29 is 8.83 Å². The van der Waals surface area contributed by atoms with Crippen LogP contribution in [-0.4, -0.2) is 19.1 Å². The van der Waals surface area contributed by atoms with Crippen LogP contribution in [0.5, 0.6) is 0 Å². The van der Waals surface area contributed by atoms with Crippen LogP contribution in [0.2, 0.25) is 0 Å². The minimum absolute atomic E-state index is 0.577. The van der Waals surface area contributed by atoms with E-state index in [0.29, 0.717) is 11.8 Å². The van der Waals surface area contributed by atoms with Gasteiger partial charge in [0.15, 0.2) is 11.2 Å². The van der Waals surface area contributed by atoms with E-state index in [-0.39, 0.29) is 0 Å². The highest BCUT2D eigenvalue weighted by Gasteiger charge is 2.18. The number of fused-ring (bicyclic) bond motifs is 10. The molecule has 4 heterocycles. The van der Waals surface area contributed by atoms with Crippen LogP contribution in [0.1, 0.15) is 0 Å². The summed E-state index contributed by atoms with van der Waals surface area (Å²) in [5.41, 5.74) is 18.5. The number of benzene rings is 12. The van der Waals surface area contributed by atoms with Gasteiger partial charge < -0.3 is 18.0 Å². The van der Waals surface area contributed by atoms with Gasteiger partial charge in [-0.3, -0.25) is 0 Å². The second kappa shape index (κ2) is 16.6. The van der Waals surface area contributed by atoms with Gasteiger partial charge in [0.25, 0.3) is 0 Å². The van der Waals surface area contributed by atoms with Gasteiger partial charge in [-0.25, -0.2) is 9.97 Å². The molecule has 354 valence electrons.